The monoisotopic (exact) mass is 194 g/mol. The van der Waals surface area contributed by atoms with Crippen molar-refractivity contribution in [3.8, 4) is 5.75 Å². The van der Waals surface area contributed by atoms with Crippen molar-refractivity contribution >= 4 is 5.97 Å². The number of rotatable bonds is 4. The normalized spacial score (nSPS) is 12.1. The van der Waals surface area contributed by atoms with Crippen molar-refractivity contribution in [1.29, 1.82) is 0 Å². The van der Waals surface area contributed by atoms with E-state index in [0.717, 1.165) is 11.3 Å². The van der Waals surface area contributed by atoms with Gasteiger partial charge >= 0.3 is 5.97 Å². The fraction of sp³-hybridized carbons (Fsp3) is 0.364. The van der Waals surface area contributed by atoms with E-state index in [-0.39, 0.29) is 5.92 Å². The third-order valence-electron chi connectivity index (χ3n) is 2.12. The first-order valence-electron chi connectivity index (χ1n) is 4.49. The van der Waals surface area contributed by atoms with Crippen LogP contribution in [0.25, 0.3) is 0 Å². The number of hydrogen-bond donors (Lipinski definition) is 1. The number of ether oxygens (including phenoxy) is 1. The first-order chi connectivity index (χ1) is 6.63. The zero-order chi connectivity index (χ0) is 10.6. The lowest BCUT2D eigenvalue weighted by Crippen LogP contribution is -2.12. The Morgan fingerprint density at radius 1 is 1.43 bits per heavy atom. The highest BCUT2D eigenvalue weighted by Crippen LogP contribution is 2.14. The van der Waals surface area contributed by atoms with Crippen LogP contribution in [0.5, 0.6) is 5.75 Å². The maximum atomic E-state index is 10.6. The maximum Gasteiger partial charge on any atom is 0.306 e. The summed E-state index contributed by atoms with van der Waals surface area (Å²) in [5.41, 5.74) is 1.01. The summed E-state index contributed by atoms with van der Waals surface area (Å²) in [6, 6.07) is 7.45. The van der Waals surface area contributed by atoms with Crippen molar-refractivity contribution in [2.75, 3.05) is 7.11 Å². The Bertz CT molecular complexity index is 303. The summed E-state index contributed by atoms with van der Waals surface area (Å²) in [6.07, 6.45) is 0.555. The van der Waals surface area contributed by atoms with Crippen LogP contribution in [0.3, 0.4) is 0 Å². The van der Waals surface area contributed by atoms with E-state index in [1.54, 1.807) is 14.0 Å². The highest BCUT2D eigenvalue weighted by atomic mass is 16.5. The second-order valence-corrected chi connectivity index (χ2v) is 3.29. The minimum atomic E-state index is -0.763. The van der Waals surface area contributed by atoms with Crippen LogP contribution in [0.15, 0.2) is 24.3 Å². The van der Waals surface area contributed by atoms with Crippen LogP contribution in [0.1, 0.15) is 12.5 Å². The van der Waals surface area contributed by atoms with Gasteiger partial charge in [0.1, 0.15) is 5.75 Å². The maximum absolute atomic E-state index is 10.6. The molecular weight excluding hydrogens is 180 g/mol. The largest absolute Gasteiger partial charge is 0.497 e. The average Bonchev–Trinajstić information content (AvgIpc) is 2.19. The molecule has 1 aromatic carbocycles. The summed E-state index contributed by atoms with van der Waals surface area (Å²) in [6.45, 7) is 1.70. The van der Waals surface area contributed by atoms with Gasteiger partial charge in [0.25, 0.3) is 0 Å². The molecule has 1 atom stereocenters. The number of carboxylic acid groups (broad SMARTS) is 1. The summed E-state index contributed by atoms with van der Waals surface area (Å²) < 4.78 is 5.01. The standard InChI is InChI=1S/C11H14O3/c1-8(11(12)13)7-9-3-5-10(14-2)6-4-9/h3-6,8H,7H2,1-2H3,(H,12,13)/t8-/m1/s1. The number of carboxylic acids is 1. The Balaban J connectivity index is 2.64. The summed E-state index contributed by atoms with van der Waals surface area (Å²) in [5.74, 6) is -0.319. The van der Waals surface area contributed by atoms with Crippen LogP contribution < -0.4 is 4.74 Å². The van der Waals surface area contributed by atoms with Crippen LogP contribution in [-0.2, 0) is 11.2 Å². The molecule has 0 amide bonds. The molecule has 0 saturated carbocycles. The Hall–Kier alpha value is -1.51. The molecule has 0 fully saturated rings. The summed E-state index contributed by atoms with van der Waals surface area (Å²) in [4.78, 5) is 10.6. The molecule has 76 valence electrons. The Morgan fingerprint density at radius 2 is 2.00 bits per heavy atom. The van der Waals surface area contributed by atoms with Gasteiger partial charge in [0.05, 0.1) is 13.0 Å². The molecule has 0 aromatic heterocycles. The predicted octanol–water partition coefficient (Wildman–Crippen LogP) is 1.96. The van der Waals surface area contributed by atoms with Crippen LogP contribution in [-0.4, -0.2) is 18.2 Å². The number of carbonyl (C=O) groups is 1. The minimum Gasteiger partial charge on any atom is -0.497 e. The van der Waals surface area contributed by atoms with Crippen molar-refractivity contribution in [1.82, 2.24) is 0 Å². The van der Waals surface area contributed by atoms with E-state index in [2.05, 4.69) is 0 Å². The van der Waals surface area contributed by atoms with E-state index in [1.165, 1.54) is 0 Å². The van der Waals surface area contributed by atoms with E-state index in [9.17, 15) is 4.79 Å². The van der Waals surface area contributed by atoms with E-state index < -0.39 is 5.97 Å². The van der Waals surface area contributed by atoms with Gasteiger partial charge in [0.2, 0.25) is 0 Å². The van der Waals surface area contributed by atoms with Crippen LogP contribution in [0.4, 0.5) is 0 Å². The first-order valence-corrected chi connectivity index (χ1v) is 4.49. The third-order valence-corrected chi connectivity index (χ3v) is 2.12. The van der Waals surface area contributed by atoms with Gasteiger partial charge in [-0.1, -0.05) is 19.1 Å². The van der Waals surface area contributed by atoms with Crippen molar-refractivity contribution in [3.63, 3.8) is 0 Å². The van der Waals surface area contributed by atoms with Gasteiger partial charge < -0.3 is 9.84 Å². The Labute approximate surface area is 83.3 Å². The van der Waals surface area contributed by atoms with Crippen LogP contribution in [0.2, 0.25) is 0 Å². The Kier molecular flexibility index (Phi) is 3.51. The van der Waals surface area contributed by atoms with E-state index >= 15 is 0 Å². The number of aliphatic carboxylic acids is 1. The lowest BCUT2D eigenvalue weighted by molar-refractivity contribution is -0.141. The average molecular weight is 194 g/mol. The summed E-state index contributed by atoms with van der Waals surface area (Å²) >= 11 is 0. The molecule has 0 saturated heterocycles. The van der Waals surface area contributed by atoms with Crippen molar-refractivity contribution in [2.45, 2.75) is 13.3 Å². The molecule has 0 aliphatic rings. The van der Waals surface area contributed by atoms with Crippen LogP contribution >= 0.6 is 0 Å². The highest BCUT2D eigenvalue weighted by molar-refractivity contribution is 5.69. The molecule has 0 bridgehead atoms. The number of methoxy groups -OCH3 is 1. The molecule has 1 N–H and O–H groups in total. The first kappa shape index (κ1) is 10.6. The molecule has 1 rings (SSSR count). The SMILES string of the molecule is COc1ccc(C[C@@H](C)C(=O)O)cc1. The van der Waals surface area contributed by atoms with Crippen LogP contribution in [0, 0.1) is 5.92 Å². The fourth-order valence-electron chi connectivity index (χ4n) is 1.20. The summed E-state index contributed by atoms with van der Waals surface area (Å²) in [7, 11) is 1.61. The smallest absolute Gasteiger partial charge is 0.306 e. The molecule has 0 unspecified atom stereocenters. The molecular formula is C11H14O3. The number of benzene rings is 1. The van der Waals surface area contributed by atoms with Gasteiger partial charge in [-0.2, -0.15) is 0 Å². The van der Waals surface area contributed by atoms with Gasteiger partial charge in [-0.05, 0) is 24.1 Å². The van der Waals surface area contributed by atoms with Gasteiger partial charge in [0, 0.05) is 0 Å². The lowest BCUT2D eigenvalue weighted by atomic mass is 10.0. The van der Waals surface area contributed by atoms with E-state index in [4.69, 9.17) is 9.84 Å². The minimum absolute atomic E-state index is 0.344. The molecule has 0 aliphatic carbocycles. The van der Waals surface area contributed by atoms with Crippen molar-refractivity contribution in [2.24, 2.45) is 5.92 Å². The van der Waals surface area contributed by atoms with E-state index in [0.29, 0.717) is 6.42 Å². The predicted molar refractivity (Wildman–Crippen MR) is 53.5 cm³/mol. The molecule has 0 heterocycles. The topological polar surface area (TPSA) is 46.5 Å². The van der Waals surface area contributed by atoms with E-state index in [1.807, 2.05) is 24.3 Å². The molecule has 14 heavy (non-hydrogen) atoms. The van der Waals surface area contributed by atoms with Gasteiger partial charge in [-0.25, -0.2) is 0 Å². The highest BCUT2D eigenvalue weighted by Gasteiger charge is 2.11. The summed E-state index contributed by atoms with van der Waals surface area (Å²) in [5, 5.41) is 8.72. The Morgan fingerprint density at radius 3 is 2.43 bits per heavy atom. The fourth-order valence-corrected chi connectivity index (χ4v) is 1.20. The molecule has 0 radical (unpaired) electrons. The van der Waals surface area contributed by atoms with Crippen molar-refractivity contribution < 1.29 is 14.6 Å². The third kappa shape index (κ3) is 2.76. The van der Waals surface area contributed by atoms with Gasteiger partial charge in [-0.15, -0.1) is 0 Å². The quantitative estimate of drug-likeness (QED) is 0.797. The zero-order valence-corrected chi connectivity index (χ0v) is 8.36. The van der Waals surface area contributed by atoms with Crippen molar-refractivity contribution in [3.05, 3.63) is 29.8 Å². The second kappa shape index (κ2) is 4.65. The van der Waals surface area contributed by atoms with Gasteiger partial charge in [-0.3, -0.25) is 4.79 Å². The molecule has 3 heteroatoms. The van der Waals surface area contributed by atoms with Gasteiger partial charge in [0.15, 0.2) is 0 Å². The molecule has 1 aromatic rings. The molecule has 0 aliphatic heterocycles. The second-order valence-electron chi connectivity index (χ2n) is 3.29. The molecule has 3 nitrogen and oxygen atoms in total. The zero-order valence-electron chi connectivity index (χ0n) is 8.36. The number of hydrogen-bond acceptors (Lipinski definition) is 2. The molecule has 0 spiro atoms. The lowest BCUT2D eigenvalue weighted by Gasteiger charge is -2.06.